The molecule has 2 atom stereocenters. The van der Waals surface area contributed by atoms with Gasteiger partial charge in [-0.15, -0.1) is 0 Å². The van der Waals surface area contributed by atoms with E-state index >= 15 is 0 Å². The van der Waals surface area contributed by atoms with Crippen LogP contribution in [0.3, 0.4) is 0 Å². The number of nitrogens with zero attached hydrogens (tertiary/aromatic N) is 2. The van der Waals surface area contributed by atoms with Crippen molar-refractivity contribution in [2.45, 2.75) is 31.4 Å². The fraction of sp³-hybridized carbons (Fsp3) is 0.500. The van der Waals surface area contributed by atoms with Crippen molar-refractivity contribution in [3.8, 4) is 0 Å². The van der Waals surface area contributed by atoms with Crippen LogP contribution in [0.2, 0.25) is 0 Å². The molecule has 90 valence electrons. The molecular formula is C10H12N4O3. The summed E-state index contributed by atoms with van der Waals surface area (Å²) in [7, 11) is 0. The molecule has 0 saturated heterocycles. The Kier molecular flexibility index (Phi) is 2.15. The number of aliphatic hydroxyl groups is 1. The maximum absolute atomic E-state index is 12.1. The number of aliphatic hydroxyl groups excluding tert-OH is 1. The van der Waals surface area contributed by atoms with Crippen LogP contribution in [0, 0.1) is 0 Å². The molecule has 0 spiro atoms. The summed E-state index contributed by atoms with van der Waals surface area (Å²) in [6.45, 7) is 0. The van der Waals surface area contributed by atoms with Crippen LogP contribution in [0.25, 0.3) is 11.2 Å². The number of rotatable bonds is 1. The highest BCUT2D eigenvalue weighted by molar-refractivity contribution is 5.67. The first-order valence-electron chi connectivity index (χ1n) is 5.53. The first kappa shape index (κ1) is 10.3. The molecule has 0 bridgehead atoms. The minimum atomic E-state index is -0.464. The lowest BCUT2D eigenvalue weighted by Gasteiger charge is -2.11. The van der Waals surface area contributed by atoms with Crippen molar-refractivity contribution in [1.29, 1.82) is 0 Å². The first-order chi connectivity index (χ1) is 8.16. The number of fused-ring (bicyclic) bond motifs is 1. The van der Waals surface area contributed by atoms with Gasteiger partial charge < -0.3 is 10.1 Å². The molecule has 17 heavy (non-hydrogen) atoms. The largest absolute Gasteiger partial charge is 0.393 e. The maximum atomic E-state index is 12.1. The third-order valence-corrected chi connectivity index (χ3v) is 3.26. The third kappa shape index (κ3) is 1.50. The molecule has 2 heterocycles. The average Bonchev–Trinajstić information content (AvgIpc) is 2.87. The van der Waals surface area contributed by atoms with E-state index in [0.29, 0.717) is 24.8 Å². The summed E-state index contributed by atoms with van der Waals surface area (Å²) < 4.78 is 1.18. The Morgan fingerprint density at radius 1 is 1.41 bits per heavy atom. The fourth-order valence-corrected chi connectivity index (χ4v) is 2.43. The predicted molar refractivity (Wildman–Crippen MR) is 59.9 cm³/mol. The standard InChI is InChI=1S/C10H12N4O3/c15-6-2-1-5(3-6)14-9(16)7-8(12-4-11-7)13-10(14)17/h4-6,15H,1-3H2,(H,11,12)(H,13,17). The summed E-state index contributed by atoms with van der Waals surface area (Å²) in [5.74, 6) is 0. The molecule has 2 unspecified atom stereocenters. The van der Waals surface area contributed by atoms with E-state index in [-0.39, 0.29) is 17.2 Å². The van der Waals surface area contributed by atoms with Gasteiger partial charge in [0, 0.05) is 6.04 Å². The number of aromatic nitrogens is 4. The van der Waals surface area contributed by atoms with E-state index in [0.717, 1.165) is 0 Å². The normalized spacial score (nSPS) is 24.5. The van der Waals surface area contributed by atoms with Crippen molar-refractivity contribution < 1.29 is 5.11 Å². The fourth-order valence-electron chi connectivity index (χ4n) is 2.43. The maximum Gasteiger partial charge on any atom is 0.330 e. The second kappa shape index (κ2) is 3.56. The van der Waals surface area contributed by atoms with Crippen LogP contribution in [0.1, 0.15) is 25.3 Å². The van der Waals surface area contributed by atoms with Gasteiger partial charge in [0.15, 0.2) is 5.65 Å². The van der Waals surface area contributed by atoms with Gasteiger partial charge in [0.05, 0.1) is 12.4 Å². The average molecular weight is 236 g/mol. The molecule has 3 N–H and O–H groups in total. The number of imidazole rings is 1. The lowest BCUT2D eigenvalue weighted by molar-refractivity contribution is 0.177. The van der Waals surface area contributed by atoms with Crippen LogP contribution in [0.5, 0.6) is 0 Å². The van der Waals surface area contributed by atoms with Gasteiger partial charge in [-0.25, -0.2) is 9.78 Å². The van der Waals surface area contributed by atoms with Crippen LogP contribution in [-0.4, -0.2) is 30.7 Å². The summed E-state index contributed by atoms with van der Waals surface area (Å²) in [5.41, 5.74) is -0.269. The zero-order valence-corrected chi connectivity index (χ0v) is 9.01. The van der Waals surface area contributed by atoms with Crippen molar-refractivity contribution in [1.82, 2.24) is 19.5 Å². The number of aromatic amines is 2. The summed E-state index contributed by atoms with van der Waals surface area (Å²) in [5, 5.41) is 9.47. The zero-order valence-electron chi connectivity index (χ0n) is 9.01. The SMILES string of the molecule is O=c1[nH]c2nc[nH]c2c(=O)n1C1CCC(O)C1. The molecule has 2 aromatic heterocycles. The van der Waals surface area contributed by atoms with Gasteiger partial charge in [-0.3, -0.25) is 14.3 Å². The van der Waals surface area contributed by atoms with Crippen LogP contribution >= 0.6 is 0 Å². The second-order valence-corrected chi connectivity index (χ2v) is 4.35. The van der Waals surface area contributed by atoms with Crippen LogP contribution in [-0.2, 0) is 0 Å². The highest BCUT2D eigenvalue weighted by Gasteiger charge is 2.27. The third-order valence-electron chi connectivity index (χ3n) is 3.26. The monoisotopic (exact) mass is 236 g/mol. The number of hydrogen-bond acceptors (Lipinski definition) is 4. The van der Waals surface area contributed by atoms with Crippen LogP contribution in [0.4, 0.5) is 0 Å². The molecule has 3 rings (SSSR count). The van der Waals surface area contributed by atoms with E-state index in [2.05, 4.69) is 15.0 Å². The molecule has 7 heteroatoms. The van der Waals surface area contributed by atoms with Crippen LogP contribution in [0.15, 0.2) is 15.9 Å². The van der Waals surface area contributed by atoms with Crippen molar-refractivity contribution in [3.05, 3.63) is 27.2 Å². The molecule has 1 aliphatic carbocycles. The Balaban J connectivity index is 2.22. The van der Waals surface area contributed by atoms with E-state index in [1.54, 1.807) is 0 Å². The van der Waals surface area contributed by atoms with Gasteiger partial charge in [0.1, 0.15) is 5.52 Å². The summed E-state index contributed by atoms with van der Waals surface area (Å²) in [4.78, 5) is 33.0. The highest BCUT2D eigenvalue weighted by Crippen LogP contribution is 2.27. The lowest BCUT2D eigenvalue weighted by Crippen LogP contribution is -2.37. The topological polar surface area (TPSA) is 104 Å². The second-order valence-electron chi connectivity index (χ2n) is 4.35. The number of hydrogen-bond donors (Lipinski definition) is 3. The minimum absolute atomic E-state index is 0.228. The van der Waals surface area contributed by atoms with Crippen LogP contribution < -0.4 is 11.2 Å². The molecule has 0 radical (unpaired) electrons. The summed E-state index contributed by atoms with van der Waals surface area (Å²) in [6.07, 6.45) is 2.66. The Morgan fingerprint density at radius 2 is 2.24 bits per heavy atom. The molecule has 0 aromatic carbocycles. The molecule has 0 amide bonds. The summed E-state index contributed by atoms with van der Waals surface area (Å²) >= 11 is 0. The van der Waals surface area contributed by atoms with Gasteiger partial charge >= 0.3 is 5.69 Å². The van der Waals surface area contributed by atoms with Crippen molar-refractivity contribution in [2.75, 3.05) is 0 Å². The molecular weight excluding hydrogens is 224 g/mol. The lowest BCUT2D eigenvalue weighted by atomic mass is 10.2. The minimum Gasteiger partial charge on any atom is -0.393 e. The van der Waals surface area contributed by atoms with E-state index in [1.165, 1.54) is 10.9 Å². The zero-order chi connectivity index (χ0) is 12.0. The van der Waals surface area contributed by atoms with Gasteiger partial charge in [-0.05, 0) is 19.3 Å². The van der Waals surface area contributed by atoms with Gasteiger partial charge in [0.2, 0.25) is 0 Å². The molecule has 1 aliphatic rings. The molecule has 0 aliphatic heterocycles. The number of H-pyrrole nitrogens is 2. The van der Waals surface area contributed by atoms with E-state index in [4.69, 9.17) is 0 Å². The smallest absolute Gasteiger partial charge is 0.330 e. The molecule has 1 fully saturated rings. The Labute approximate surface area is 95.1 Å². The van der Waals surface area contributed by atoms with Gasteiger partial charge in [0.25, 0.3) is 5.56 Å². The van der Waals surface area contributed by atoms with Crippen molar-refractivity contribution in [3.63, 3.8) is 0 Å². The van der Waals surface area contributed by atoms with Gasteiger partial charge in [-0.2, -0.15) is 0 Å². The first-order valence-corrected chi connectivity index (χ1v) is 5.53. The Morgan fingerprint density at radius 3 is 2.94 bits per heavy atom. The Bertz CT molecular complexity index is 668. The van der Waals surface area contributed by atoms with Crippen molar-refractivity contribution >= 4 is 11.2 Å². The van der Waals surface area contributed by atoms with E-state index in [1.807, 2.05) is 0 Å². The molecule has 7 nitrogen and oxygen atoms in total. The Hall–Kier alpha value is -1.89. The van der Waals surface area contributed by atoms with E-state index < -0.39 is 11.8 Å². The highest BCUT2D eigenvalue weighted by atomic mass is 16.3. The molecule has 1 saturated carbocycles. The van der Waals surface area contributed by atoms with Crippen molar-refractivity contribution in [2.24, 2.45) is 0 Å². The summed E-state index contributed by atoms with van der Waals surface area (Å²) in [6, 6.07) is -0.228. The molecule has 2 aromatic rings. The number of nitrogens with one attached hydrogen (secondary N) is 2. The van der Waals surface area contributed by atoms with Gasteiger partial charge in [-0.1, -0.05) is 0 Å². The van der Waals surface area contributed by atoms with E-state index in [9.17, 15) is 14.7 Å². The predicted octanol–water partition coefficient (Wildman–Crippen LogP) is -0.501. The quantitative estimate of drug-likeness (QED) is 0.620.